The van der Waals surface area contributed by atoms with Crippen molar-refractivity contribution in [3.05, 3.63) is 48.9 Å². The molecule has 4 heterocycles. The van der Waals surface area contributed by atoms with Crippen LogP contribution in [-0.4, -0.2) is 55.6 Å². The first-order valence-electron chi connectivity index (χ1n) is 7.91. The lowest BCUT2D eigenvalue weighted by atomic mass is 10.2. The summed E-state index contributed by atoms with van der Waals surface area (Å²) in [5.41, 5.74) is 0.853. The van der Waals surface area contributed by atoms with Crippen LogP contribution in [0.4, 0.5) is 0 Å². The third kappa shape index (κ3) is 3.50. The van der Waals surface area contributed by atoms with Gasteiger partial charge in [-0.25, -0.2) is 0 Å². The summed E-state index contributed by atoms with van der Waals surface area (Å²) in [6.45, 7) is 3.71. The van der Waals surface area contributed by atoms with E-state index in [4.69, 9.17) is 9.26 Å². The molecule has 1 aliphatic rings. The van der Waals surface area contributed by atoms with Gasteiger partial charge in [-0.05, 0) is 18.2 Å². The molecule has 1 saturated heterocycles. The third-order valence-electron chi connectivity index (χ3n) is 3.92. The van der Waals surface area contributed by atoms with E-state index in [9.17, 15) is 0 Å². The van der Waals surface area contributed by atoms with E-state index >= 15 is 0 Å². The van der Waals surface area contributed by atoms with Gasteiger partial charge in [0.25, 0.3) is 0 Å². The minimum Gasteiger partial charge on any atom is -0.374 e. The highest BCUT2D eigenvalue weighted by Gasteiger charge is 2.23. The molecule has 1 atom stereocenters. The number of pyridine rings is 1. The third-order valence-corrected chi connectivity index (χ3v) is 3.92. The highest BCUT2D eigenvalue weighted by atomic mass is 16.5. The number of ether oxygens (including phenoxy) is 1. The molecular formula is C16H18N6O2. The SMILES string of the molecule is c1cncc(-c2noc(CN3CCO[C@@H](Cn4cccn4)C3)n2)c1. The topological polar surface area (TPSA) is 82.1 Å². The average Bonchev–Trinajstić information content (AvgIpc) is 3.28. The summed E-state index contributed by atoms with van der Waals surface area (Å²) >= 11 is 0. The monoisotopic (exact) mass is 326 g/mol. The lowest BCUT2D eigenvalue weighted by Crippen LogP contribution is -2.43. The Hall–Kier alpha value is -2.58. The highest BCUT2D eigenvalue weighted by Crippen LogP contribution is 2.16. The van der Waals surface area contributed by atoms with Crippen LogP contribution < -0.4 is 0 Å². The van der Waals surface area contributed by atoms with Gasteiger partial charge < -0.3 is 9.26 Å². The number of rotatable bonds is 5. The Bertz CT molecular complexity index is 758. The molecule has 0 aliphatic carbocycles. The Labute approximate surface area is 139 Å². The van der Waals surface area contributed by atoms with Gasteiger partial charge in [0, 0.05) is 43.4 Å². The van der Waals surface area contributed by atoms with Crippen LogP contribution in [0.25, 0.3) is 11.4 Å². The molecule has 0 radical (unpaired) electrons. The second-order valence-corrected chi connectivity index (χ2v) is 5.71. The van der Waals surface area contributed by atoms with Gasteiger partial charge in [-0.2, -0.15) is 10.1 Å². The van der Waals surface area contributed by atoms with Gasteiger partial charge in [0.05, 0.1) is 25.8 Å². The van der Waals surface area contributed by atoms with E-state index in [2.05, 4.69) is 25.1 Å². The fourth-order valence-corrected chi connectivity index (χ4v) is 2.77. The molecule has 0 spiro atoms. The largest absolute Gasteiger partial charge is 0.374 e. The summed E-state index contributed by atoms with van der Waals surface area (Å²) in [6, 6.07) is 5.68. The Kier molecular flexibility index (Phi) is 4.30. The Morgan fingerprint density at radius 3 is 3.08 bits per heavy atom. The fraction of sp³-hybridized carbons (Fsp3) is 0.375. The van der Waals surface area contributed by atoms with Crippen molar-refractivity contribution in [3.63, 3.8) is 0 Å². The van der Waals surface area contributed by atoms with Gasteiger partial charge in [-0.3, -0.25) is 14.6 Å². The van der Waals surface area contributed by atoms with Crippen LogP contribution >= 0.6 is 0 Å². The molecule has 0 aromatic carbocycles. The molecule has 8 heteroatoms. The maximum absolute atomic E-state index is 5.82. The Balaban J connectivity index is 1.37. The van der Waals surface area contributed by atoms with Crippen LogP contribution in [0.2, 0.25) is 0 Å². The molecule has 124 valence electrons. The van der Waals surface area contributed by atoms with Crippen LogP contribution in [0.5, 0.6) is 0 Å². The van der Waals surface area contributed by atoms with Crippen LogP contribution in [-0.2, 0) is 17.8 Å². The second-order valence-electron chi connectivity index (χ2n) is 5.71. The number of hydrogen-bond donors (Lipinski definition) is 0. The minimum atomic E-state index is 0.111. The summed E-state index contributed by atoms with van der Waals surface area (Å²) in [5, 5.41) is 8.26. The predicted octanol–water partition coefficient (Wildman–Crippen LogP) is 1.23. The lowest BCUT2D eigenvalue weighted by molar-refractivity contribution is -0.0426. The van der Waals surface area contributed by atoms with E-state index in [1.807, 2.05) is 29.1 Å². The van der Waals surface area contributed by atoms with Crippen molar-refractivity contribution >= 4 is 0 Å². The van der Waals surface area contributed by atoms with E-state index < -0.39 is 0 Å². The van der Waals surface area contributed by atoms with Gasteiger partial charge in [0.1, 0.15) is 0 Å². The van der Waals surface area contributed by atoms with Crippen LogP contribution in [0, 0.1) is 0 Å². The Morgan fingerprint density at radius 1 is 1.25 bits per heavy atom. The van der Waals surface area contributed by atoms with Crippen molar-refractivity contribution in [1.82, 2.24) is 29.8 Å². The van der Waals surface area contributed by atoms with E-state index in [-0.39, 0.29) is 6.10 Å². The maximum atomic E-state index is 5.82. The van der Waals surface area contributed by atoms with Crippen molar-refractivity contribution in [2.24, 2.45) is 0 Å². The zero-order chi connectivity index (χ0) is 16.2. The molecular weight excluding hydrogens is 308 g/mol. The summed E-state index contributed by atoms with van der Waals surface area (Å²) < 4.78 is 13.1. The van der Waals surface area contributed by atoms with Gasteiger partial charge in [-0.1, -0.05) is 5.16 Å². The molecule has 1 aliphatic heterocycles. The number of aromatic nitrogens is 5. The standard InChI is InChI=1S/C16H18N6O2/c1-3-13(9-17-4-1)16-19-15(24-20-16)12-21-7-8-23-14(10-21)11-22-6-2-5-18-22/h1-6,9,14H,7-8,10-12H2/t14-/m1/s1. The van der Waals surface area contributed by atoms with Crippen molar-refractivity contribution < 1.29 is 9.26 Å². The molecule has 0 saturated carbocycles. The lowest BCUT2D eigenvalue weighted by Gasteiger charge is -2.31. The first-order valence-corrected chi connectivity index (χ1v) is 7.91. The molecule has 3 aromatic heterocycles. The second kappa shape index (κ2) is 6.90. The first-order chi connectivity index (χ1) is 11.9. The quantitative estimate of drug-likeness (QED) is 0.697. The van der Waals surface area contributed by atoms with Gasteiger partial charge in [0.15, 0.2) is 0 Å². The van der Waals surface area contributed by atoms with E-state index in [1.165, 1.54) is 0 Å². The van der Waals surface area contributed by atoms with Crippen molar-refractivity contribution in [1.29, 1.82) is 0 Å². The molecule has 8 nitrogen and oxygen atoms in total. The van der Waals surface area contributed by atoms with Crippen LogP contribution in [0.3, 0.4) is 0 Å². The van der Waals surface area contributed by atoms with Crippen molar-refractivity contribution in [2.75, 3.05) is 19.7 Å². The predicted molar refractivity (Wildman–Crippen MR) is 84.8 cm³/mol. The number of hydrogen-bond acceptors (Lipinski definition) is 7. The molecule has 0 amide bonds. The average molecular weight is 326 g/mol. The molecule has 1 fully saturated rings. The van der Waals surface area contributed by atoms with Gasteiger partial charge in [0.2, 0.25) is 11.7 Å². The van der Waals surface area contributed by atoms with E-state index in [0.29, 0.717) is 24.9 Å². The van der Waals surface area contributed by atoms with Crippen LogP contribution in [0.15, 0.2) is 47.5 Å². The van der Waals surface area contributed by atoms with E-state index in [1.54, 1.807) is 18.6 Å². The van der Waals surface area contributed by atoms with Crippen molar-refractivity contribution in [2.45, 2.75) is 19.2 Å². The fourth-order valence-electron chi connectivity index (χ4n) is 2.77. The minimum absolute atomic E-state index is 0.111. The van der Waals surface area contributed by atoms with Gasteiger partial charge >= 0.3 is 0 Å². The smallest absolute Gasteiger partial charge is 0.241 e. The van der Waals surface area contributed by atoms with Gasteiger partial charge in [-0.15, -0.1) is 0 Å². The zero-order valence-corrected chi connectivity index (χ0v) is 13.2. The summed E-state index contributed by atoms with van der Waals surface area (Å²) in [4.78, 5) is 10.8. The van der Waals surface area contributed by atoms with Crippen LogP contribution in [0.1, 0.15) is 5.89 Å². The molecule has 0 unspecified atom stereocenters. The van der Waals surface area contributed by atoms with E-state index in [0.717, 1.165) is 25.2 Å². The number of morpholine rings is 1. The summed E-state index contributed by atoms with van der Waals surface area (Å²) in [6.07, 6.45) is 7.28. The molecule has 3 aromatic rings. The maximum Gasteiger partial charge on any atom is 0.241 e. The highest BCUT2D eigenvalue weighted by molar-refractivity contribution is 5.51. The normalized spacial score (nSPS) is 18.8. The van der Waals surface area contributed by atoms with Crippen molar-refractivity contribution in [3.8, 4) is 11.4 Å². The molecule has 4 rings (SSSR count). The molecule has 24 heavy (non-hydrogen) atoms. The first kappa shape index (κ1) is 15.0. The number of nitrogens with zero attached hydrogens (tertiary/aromatic N) is 6. The summed E-state index contributed by atoms with van der Waals surface area (Å²) in [5.74, 6) is 1.17. The summed E-state index contributed by atoms with van der Waals surface area (Å²) in [7, 11) is 0. The molecule has 0 bridgehead atoms. The Morgan fingerprint density at radius 2 is 2.25 bits per heavy atom. The zero-order valence-electron chi connectivity index (χ0n) is 13.2. The molecule has 0 N–H and O–H groups in total.